The van der Waals surface area contributed by atoms with Crippen LogP contribution in [0, 0.1) is 6.92 Å². The Bertz CT molecular complexity index is 586. The third kappa shape index (κ3) is 7.03. The van der Waals surface area contributed by atoms with Crippen molar-refractivity contribution >= 4 is 5.96 Å². The Morgan fingerprint density at radius 2 is 2.00 bits per heavy atom. The van der Waals surface area contributed by atoms with Crippen molar-refractivity contribution in [2.75, 3.05) is 47.0 Å². The second kappa shape index (κ2) is 11.8. The Morgan fingerprint density at radius 1 is 1.22 bits per heavy atom. The molecule has 27 heavy (non-hydrogen) atoms. The van der Waals surface area contributed by atoms with Crippen LogP contribution in [0.4, 0.5) is 0 Å². The van der Waals surface area contributed by atoms with Crippen LogP contribution in [0.5, 0.6) is 5.75 Å². The second-order valence-corrected chi connectivity index (χ2v) is 7.06. The van der Waals surface area contributed by atoms with Gasteiger partial charge in [0.2, 0.25) is 0 Å². The summed E-state index contributed by atoms with van der Waals surface area (Å²) in [5.74, 6) is 1.73. The van der Waals surface area contributed by atoms with Crippen molar-refractivity contribution in [1.82, 2.24) is 15.5 Å². The molecule has 0 amide bonds. The second-order valence-electron chi connectivity index (χ2n) is 7.06. The molecule has 1 aromatic carbocycles. The maximum absolute atomic E-state index is 5.88. The molecule has 1 fully saturated rings. The topological polar surface area (TPSA) is 58.1 Å². The number of likely N-dealkylation sites (tertiary alicyclic amines) is 1. The van der Waals surface area contributed by atoms with Crippen LogP contribution in [0.15, 0.2) is 23.2 Å². The van der Waals surface area contributed by atoms with Gasteiger partial charge >= 0.3 is 0 Å². The molecule has 1 aliphatic rings. The van der Waals surface area contributed by atoms with E-state index in [1.165, 1.54) is 31.5 Å². The maximum Gasteiger partial charge on any atom is 0.191 e. The molecule has 0 bridgehead atoms. The number of nitrogens with one attached hydrogen (secondary N) is 2. The van der Waals surface area contributed by atoms with Crippen LogP contribution in [0.2, 0.25) is 0 Å². The average Bonchev–Trinajstić information content (AvgIpc) is 3.20. The molecule has 1 unspecified atom stereocenters. The fourth-order valence-corrected chi connectivity index (χ4v) is 3.43. The van der Waals surface area contributed by atoms with Gasteiger partial charge < -0.3 is 20.1 Å². The number of hydrogen-bond donors (Lipinski definition) is 2. The van der Waals surface area contributed by atoms with E-state index in [0.29, 0.717) is 25.8 Å². The molecule has 0 radical (unpaired) electrons. The van der Waals surface area contributed by atoms with Crippen LogP contribution in [-0.4, -0.2) is 63.9 Å². The van der Waals surface area contributed by atoms with Crippen molar-refractivity contribution in [2.24, 2.45) is 4.99 Å². The molecule has 2 rings (SSSR count). The zero-order valence-corrected chi connectivity index (χ0v) is 17.4. The zero-order valence-electron chi connectivity index (χ0n) is 17.4. The van der Waals surface area contributed by atoms with Gasteiger partial charge in [0, 0.05) is 38.9 Å². The van der Waals surface area contributed by atoms with Gasteiger partial charge in [0.15, 0.2) is 5.96 Å². The lowest BCUT2D eigenvalue weighted by atomic mass is 10.1. The first-order valence-electron chi connectivity index (χ1n) is 10.1. The molecule has 0 spiro atoms. The molecule has 1 aliphatic heterocycles. The number of aliphatic imine (C=N–C) groups is 1. The SMILES string of the molecule is CCC(CNC(=NC)NCc1ccc(C)cc1OCCOC)N1CCCC1. The normalized spacial score (nSPS) is 16.4. The van der Waals surface area contributed by atoms with E-state index in [1.54, 1.807) is 7.11 Å². The predicted octanol–water partition coefficient (Wildman–Crippen LogP) is 2.56. The summed E-state index contributed by atoms with van der Waals surface area (Å²) in [5, 5.41) is 6.90. The number of guanidine groups is 1. The van der Waals surface area contributed by atoms with E-state index < -0.39 is 0 Å². The van der Waals surface area contributed by atoms with E-state index in [0.717, 1.165) is 30.2 Å². The fourth-order valence-electron chi connectivity index (χ4n) is 3.43. The smallest absolute Gasteiger partial charge is 0.191 e. The van der Waals surface area contributed by atoms with Gasteiger partial charge in [-0.1, -0.05) is 19.1 Å². The highest BCUT2D eigenvalue weighted by Crippen LogP contribution is 2.20. The first kappa shape index (κ1) is 21.5. The Balaban J connectivity index is 1.87. The maximum atomic E-state index is 5.88. The molecule has 0 aliphatic carbocycles. The van der Waals surface area contributed by atoms with E-state index >= 15 is 0 Å². The number of benzene rings is 1. The van der Waals surface area contributed by atoms with Crippen LogP contribution >= 0.6 is 0 Å². The van der Waals surface area contributed by atoms with Crippen molar-refractivity contribution in [3.63, 3.8) is 0 Å². The summed E-state index contributed by atoms with van der Waals surface area (Å²) in [4.78, 5) is 6.96. The number of nitrogens with zero attached hydrogens (tertiary/aromatic N) is 2. The summed E-state index contributed by atoms with van der Waals surface area (Å²) in [5.41, 5.74) is 2.30. The van der Waals surface area contributed by atoms with E-state index in [4.69, 9.17) is 9.47 Å². The largest absolute Gasteiger partial charge is 0.491 e. The Kier molecular flexibility index (Phi) is 9.42. The summed E-state index contributed by atoms with van der Waals surface area (Å²) in [6.07, 6.45) is 3.80. The molecule has 1 saturated heterocycles. The first-order chi connectivity index (χ1) is 13.2. The quantitative estimate of drug-likeness (QED) is 0.373. The Morgan fingerprint density at radius 3 is 2.67 bits per heavy atom. The van der Waals surface area contributed by atoms with Crippen LogP contribution < -0.4 is 15.4 Å². The van der Waals surface area contributed by atoms with E-state index in [1.807, 2.05) is 7.05 Å². The lowest BCUT2D eigenvalue weighted by Gasteiger charge is -2.27. The molecule has 6 heteroatoms. The minimum Gasteiger partial charge on any atom is -0.491 e. The molecular weight excluding hydrogens is 340 g/mol. The molecular formula is C21H36N4O2. The van der Waals surface area contributed by atoms with Gasteiger partial charge in [0.1, 0.15) is 12.4 Å². The van der Waals surface area contributed by atoms with Crippen LogP contribution in [0.25, 0.3) is 0 Å². The predicted molar refractivity (Wildman–Crippen MR) is 112 cm³/mol. The lowest BCUT2D eigenvalue weighted by Crippen LogP contribution is -2.46. The molecule has 2 N–H and O–H groups in total. The van der Waals surface area contributed by atoms with Gasteiger partial charge in [-0.15, -0.1) is 0 Å². The fraction of sp³-hybridized carbons (Fsp3) is 0.667. The van der Waals surface area contributed by atoms with Crippen molar-refractivity contribution in [2.45, 2.75) is 45.7 Å². The van der Waals surface area contributed by atoms with Crippen molar-refractivity contribution in [3.8, 4) is 5.75 Å². The number of aryl methyl sites for hydroxylation is 1. The van der Waals surface area contributed by atoms with Crippen LogP contribution in [0.3, 0.4) is 0 Å². The molecule has 1 atom stereocenters. The van der Waals surface area contributed by atoms with Gasteiger partial charge in [0.25, 0.3) is 0 Å². The Hall–Kier alpha value is -1.79. The average molecular weight is 377 g/mol. The lowest BCUT2D eigenvalue weighted by molar-refractivity contribution is 0.145. The Labute approximate surface area is 164 Å². The number of rotatable bonds is 10. The van der Waals surface area contributed by atoms with E-state index in [9.17, 15) is 0 Å². The minimum absolute atomic E-state index is 0.550. The molecule has 0 aromatic heterocycles. The molecule has 152 valence electrons. The van der Waals surface area contributed by atoms with E-state index in [-0.39, 0.29) is 0 Å². The third-order valence-electron chi connectivity index (χ3n) is 5.07. The van der Waals surface area contributed by atoms with Crippen molar-refractivity contribution in [3.05, 3.63) is 29.3 Å². The van der Waals surface area contributed by atoms with Crippen LogP contribution in [-0.2, 0) is 11.3 Å². The zero-order chi connectivity index (χ0) is 19.5. The number of hydrogen-bond acceptors (Lipinski definition) is 4. The summed E-state index contributed by atoms with van der Waals surface area (Å²) in [6, 6.07) is 6.86. The van der Waals surface area contributed by atoms with Gasteiger partial charge in [0.05, 0.1) is 6.61 Å². The van der Waals surface area contributed by atoms with Crippen LogP contribution in [0.1, 0.15) is 37.3 Å². The summed E-state index contributed by atoms with van der Waals surface area (Å²) in [6.45, 7) is 9.49. The number of methoxy groups -OCH3 is 1. The summed E-state index contributed by atoms with van der Waals surface area (Å²) >= 11 is 0. The van der Waals surface area contributed by atoms with Crippen molar-refractivity contribution in [1.29, 1.82) is 0 Å². The summed E-state index contributed by atoms with van der Waals surface area (Å²) in [7, 11) is 3.50. The van der Waals surface area contributed by atoms with Gasteiger partial charge in [-0.2, -0.15) is 0 Å². The molecule has 0 saturated carbocycles. The van der Waals surface area contributed by atoms with Gasteiger partial charge in [-0.05, 0) is 50.9 Å². The highest BCUT2D eigenvalue weighted by atomic mass is 16.5. The van der Waals surface area contributed by atoms with Gasteiger partial charge in [-0.25, -0.2) is 0 Å². The standard InChI is InChI=1S/C21H36N4O2/c1-5-19(25-10-6-7-11-25)16-24-21(22-3)23-15-18-9-8-17(2)14-20(18)27-13-12-26-4/h8-9,14,19H,5-7,10-13,15-16H2,1-4H3,(H2,22,23,24). The van der Waals surface area contributed by atoms with Gasteiger partial charge in [-0.3, -0.25) is 9.89 Å². The highest BCUT2D eigenvalue weighted by molar-refractivity contribution is 5.79. The third-order valence-corrected chi connectivity index (χ3v) is 5.07. The first-order valence-corrected chi connectivity index (χ1v) is 10.1. The molecule has 6 nitrogen and oxygen atoms in total. The minimum atomic E-state index is 0.550. The summed E-state index contributed by atoms with van der Waals surface area (Å²) < 4.78 is 11.0. The highest BCUT2D eigenvalue weighted by Gasteiger charge is 2.20. The van der Waals surface area contributed by atoms with Crippen molar-refractivity contribution < 1.29 is 9.47 Å². The monoisotopic (exact) mass is 376 g/mol. The number of ether oxygens (including phenoxy) is 2. The molecule has 1 heterocycles. The molecule has 1 aromatic rings. The van der Waals surface area contributed by atoms with E-state index in [2.05, 4.69) is 52.6 Å².